The Labute approximate surface area is 165 Å². The number of amides is 1. The summed E-state index contributed by atoms with van der Waals surface area (Å²) >= 11 is 5.91. The molecule has 1 saturated heterocycles. The number of nitrogens with zero attached hydrogens (tertiary/aromatic N) is 1. The van der Waals surface area contributed by atoms with Crippen LogP contribution in [0.25, 0.3) is 0 Å². The average molecular weight is 389 g/mol. The highest BCUT2D eigenvalue weighted by Gasteiger charge is 2.27. The van der Waals surface area contributed by atoms with Crippen molar-refractivity contribution < 1.29 is 14.4 Å². The number of anilines is 1. The van der Waals surface area contributed by atoms with Crippen molar-refractivity contribution in [3.63, 3.8) is 0 Å². The lowest BCUT2D eigenvalue weighted by Gasteiger charge is -2.32. The van der Waals surface area contributed by atoms with Crippen molar-refractivity contribution in [1.82, 2.24) is 5.32 Å². The molecule has 0 unspecified atom stereocenters. The molecule has 0 spiro atoms. The van der Waals surface area contributed by atoms with Gasteiger partial charge >= 0.3 is 0 Å². The fourth-order valence-corrected chi connectivity index (χ4v) is 3.51. The second kappa shape index (κ2) is 9.22. The van der Waals surface area contributed by atoms with Gasteiger partial charge in [0.2, 0.25) is 0 Å². The van der Waals surface area contributed by atoms with Crippen molar-refractivity contribution in [2.24, 2.45) is 0 Å². The zero-order valence-electron chi connectivity index (χ0n) is 15.9. The fourth-order valence-electron chi connectivity index (χ4n) is 3.38. The van der Waals surface area contributed by atoms with Crippen LogP contribution in [-0.4, -0.2) is 52.9 Å². The van der Waals surface area contributed by atoms with Crippen molar-refractivity contribution in [3.8, 4) is 0 Å². The van der Waals surface area contributed by atoms with Crippen LogP contribution in [0.4, 0.5) is 5.69 Å². The summed E-state index contributed by atoms with van der Waals surface area (Å²) in [5, 5.41) is 3.73. The molecule has 144 valence electrons. The molecule has 2 aromatic rings. The van der Waals surface area contributed by atoms with Gasteiger partial charge in [-0.2, -0.15) is 0 Å². The van der Waals surface area contributed by atoms with Gasteiger partial charge in [-0.05, 0) is 36.4 Å². The van der Waals surface area contributed by atoms with E-state index in [1.165, 1.54) is 16.2 Å². The Kier molecular flexibility index (Phi) is 6.72. The van der Waals surface area contributed by atoms with Gasteiger partial charge in [-0.25, -0.2) is 0 Å². The van der Waals surface area contributed by atoms with Gasteiger partial charge < -0.3 is 19.9 Å². The molecular formula is C21H27ClN3O2+. The summed E-state index contributed by atoms with van der Waals surface area (Å²) in [7, 11) is 4.07. The number of quaternary nitrogens is 1. The molecule has 6 heteroatoms. The van der Waals surface area contributed by atoms with Crippen molar-refractivity contribution in [2.75, 3.05) is 51.8 Å². The van der Waals surface area contributed by atoms with Crippen LogP contribution in [-0.2, 0) is 4.74 Å². The zero-order valence-corrected chi connectivity index (χ0v) is 16.6. The molecule has 1 amide bonds. The molecule has 0 saturated carbocycles. The van der Waals surface area contributed by atoms with Gasteiger partial charge in [0.1, 0.15) is 19.1 Å². The van der Waals surface area contributed by atoms with E-state index in [0.29, 0.717) is 17.1 Å². The van der Waals surface area contributed by atoms with Crippen LogP contribution in [0.15, 0.2) is 48.5 Å². The molecular weight excluding hydrogens is 362 g/mol. The molecule has 3 rings (SSSR count). The van der Waals surface area contributed by atoms with Gasteiger partial charge in [-0.15, -0.1) is 0 Å². The zero-order chi connectivity index (χ0) is 19.2. The number of morpholine rings is 1. The first-order valence-corrected chi connectivity index (χ1v) is 9.66. The number of ether oxygens (including phenoxy) is 1. The van der Waals surface area contributed by atoms with Gasteiger partial charge in [0, 0.05) is 35.9 Å². The molecule has 0 bridgehead atoms. The second-order valence-electron chi connectivity index (χ2n) is 7.03. The molecule has 0 aromatic heterocycles. The maximum absolute atomic E-state index is 12.5. The summed E-state index contributed by atoms with van der Waals surface area (Å²) < 4.78 is 5.52. The Hall–Kier alpha value is -2.08. The van der Waals surface area contributed by atoms with Crippen molar-refractivity contribution in [3.05, 3.63) is 64.7 Å². The summed E-state index contributed by atoms with van der Waals surface area (Å²) in [6.07, 6.45) is 0. The minimum Gasteiger partial charge on any atom is -0.378 e. The Morgan fingerprint density at radius 2 is 1.74 bits per heavy atom. The maximum atomic E-state index is 12.5. The quantitative estimate of drug-likeness (QED) is 0.793. The lowest BCUT2D eigenvalue weighted by Crippen LogP contribution is -3.15. The molecule has 1 atom stereocenters. The van der Waals surface area contributed by atoms with Crippen LogP contribution < -0.4 is 15.1 Å². The summed E-state index contributed by atoms with van der Waals surface area (Å²) in [6, 6.07) is 15.8. The number of nitrogens with one attached hydrogen (secondary N) is 2. The van der Waals surface area contributed by atoms with Crippen LogP contribution in [0.3, 0.4) is 0 Å². The predicted molar refractivity (Wildman–Crippen MR) is 109 cm³/mol. The highest BCUT2D eigenvalue weighted by atomic mass is 35.5. The van der Waals surface area contributed by atoms with Crippen LogP contribution in [0.1, 0.15) is 22.0 Å². The van der Waals surface area contributed by atoms with Crippen molar-refractivity contribution >= 4 is 23.2 Å². The third kappa shape index (κ3) is 5.22. The smallest absolute Gasteiger partial charge is 0.251 e. The van der Waals surface area contributed by atoms with Crippen LogP contribution >= 0.6 is 11.6 Å². The average Bonchev–Trinajstić information content (AvgIpc) is 2.69. The molecule has 1 aliphatic rings. The molecule has 1 heterocycles. The Bertz CT molecular complexity index is 741. The molecule has 0 aliphatic carbocycles. The van der Waals surface area contributed by atoms with Crippen LogP contribution in [0.2, 0.25) is 5.02 Å². The van der Waals surface area contributed by atoms with E-state index >= 15 is 0 Å². The van der Waals surface area contributed by atoms with Gasteiger partial charge in [-0.3, -0.25) is 4.79 Å². The van der Waals surface area contributed by atoms with E-state index in [-0.39, 0.29) is 11.9 Å². The molecule has 0 radical (unpaired) electrons. The van der Waals surface area contributed by atoms with E-state index in [0.717, 1.165) is 26.3 Å². The highest BCUT2D eigenvalue weighted by molar-refractivity contribution is 6.30. The number of halogens is 1. The molecule has 2 N–H and O–H groups in total. The Balaban J connectivity index is 1.73. The van der Waals surface area contributed by atoms with Gasteiger partial charge in [0.25, 0.3) is 5.91 Å². The minimum absolute atomic E-state index is 0.0748. The van der Waals surface area contributed by atoms with E-state index in [2.05, 4.69) is 34.5 Å². The lowest BCUT2D eigenvalue weighted by molar-refractivity contribution is -0.937. The third-order valence-corrected chi connectivity index (χ3v) is 5.26. The SMILES string of the molecule is CN(C)c1ccc([C@@H](CNC(=O)c2ccc(Cl)cc2)[NH+]2CCOCC2)cc1. The normalized spacial score (nSPS) is 16.0. The Morgan fingerprint density at radius 3 is 2.33 bits per heavy atom. The van der Waals surface area contributed by atoms with Crippen LogP contribution in [0, 0.1) is 0 Å². The number of carbonyl (C=O) groups excluding carboxylic acids is 1. The van der Waals surface area contributed by atoms with E-state index in [4.69, 9.17) is 16.3 Å². The number of hydrogen-bond acceptors (Lipinski definition) is 3. The summed E-state index contributed by atoms with van der Waals surface area (Å²) in [6.45, 7) is 3.98. The van der Waals surface area contributed by atoms with Gasteiger partial charge in [-0.1, -0.05) is 23.7 Å². The van der Waals surface area contributed by atoms with E-state index in [1.807, 2.05) is 14.1 Å². The van der Waals surface area contributed by atoms with Crippen molar-refractivity contribution in [2.45, 2.75) is 6.04 Å². The van der Waals surface area contributed by atoms with E-state index < -0.39 is 0 Å². The monoisotopic (exact) mass is 388 g/mol. The highest BCUT2D eigenvalue weighted by Crippen LogP contribution is 2.17. The topological polar surface area (TPSA) is 46.0 Å². The number of rotatable bonds is 6. The molecule has 1 fully saturated rings. The Morgan fingerprint density at radius 1 is 1.11 bits per heavy atom. The first kappa shape index (κ1) is 19.7. The first-order valence-electron chi connectivity index (χ1n) is 9.28. The standard InChI is InChI=1S/C21H26ClN3O2/c1-24(2)19-9-5-16(6-10-19)20(25-11-13-27-14-12-25)15-23-21(26)17-3-7-18(22)8-4-17/h3-10,20H,11-15H2,1-2H3,(H,23,26)/p+1/t20-/m1/s1. The van der Waals surface area contributed by atoms with E-state index in [1.54, 1.807) is 24.3 Å². The van der Waals surface area contributed by atoms with Crippen LogP contribution in [0.5, 0.6) is 0 Å². The molecule has 1 aliphatic heterocycles. The van der Waals surface area contributed by atoms with E-state index in [9.17, 15) is 4.79 Å². The second-order valence-corrected chi connectivity index (χ2v) is 7.46. The number of hydrogen-bond donors (Lipinski definition) is 2. The molecule has 27 heavy (non-hydrogen) atoms. The number of carbonyl (C=O) groups is 1. The predicted octanol–water partition coefficient (Wildman–Crippen LogP) is 1.79. The third-order valence-electron chi connectivity index (χ3n) is 5.01. The summed E-state index contributed by atoms with van der Waals surface area (Å²) in [4.78, 5) is 16.0. The first-order chi connectivity index (χ1) is 13.0. The van der Waals surface area contributed by atoms with Crippen molar-refractivity contribution in [1.29, 1.82) is 0 Å². The molecule has 2 aromatic carbocycles. The summed E-state index contributed by atoms with van der Waals surface area (Å²) in [5.41, 5.74) is 3.02. The lowest BCUT2D eigenvalue weighted by atomic mass is 10.0. The fraction of sp³-hybridized carbons (Fsp3) is 0.381. The van der Waals surface area contributed by atoms with Gasteiger partial charge in [0.15, 0.2) is 0 Å². The van der Waals surface area contributed by atoms with Gasteiger partial charge in [0.05, 0.1) is 19.8 Å². The maximum Gasteiger partial charge on any atom is 0.251 e. The minimum atomic E-state index is -0.0748. The molecule has 5 nitrogen and oxygen atoms in total. The number of benzene rings is 2. The largest absolute Gasteiger partial charge is 0.378 e. The summed E-state index contributed by atoms with van der Waals surface area (Å²) in [5.74, 6) is -0.0748.